The summed E-state index contributed by atoms with van der Waals surface area (Å²) in [6.45, 7) is 4.97. The van der Waals surface area contributed by atoms with Crippen LogP contribution in [-0.4, -0.2) is 47.4 Å². The minimum absolute atomic E-state index is 0.0261. The fraction of sp³-hybridized carbons (Fsp3) is 0.951. The van der Waals surface area contributed by atoms with Crippen LogP contribution in [0, 0.1) is 0 Å². The summed E-state index contributed by atoms with van der Waals surface area (Å²) in [7, 11) is 0. The van der Waals surface area contributed by atoms with Gasteiger partial charge in [-0.05, 0) is 32.1 Å². The highest BCUT2D eigenvalue weighted by Crippen LogP contribution is 2.21. The highest BCUT2D eigenvalue weighted by molar-refractivity contribution is 5.76. The molecular weight excluding hydrogens is 1080 g/mol. The van der Waals surface area contributed by atoms with Crippen molar-refractivity contribution in [3.8, 4) is 0 Å². The highest BCUT2D eigenvalue weighted by atomic mass is 16.5. The molecular formula is C82H161NO5. The molecule has 0 spiro atoms. The van der Waals surface area contributed by atoms with Crippen molar-refractivity contribution in [2.45, 2.75) is 488 Å². The fourth-order valence-corrected chi connectivity index (χ4v) is 13.3. The van der Waals surface area contributed by atoms with Gasteiger partial charge in [-0.3, -0.25) is 9.59 Å². The number of aliphatic hydroxyl groups is 2. The average molecular weight is 1240 g/mol. The number of carbonyl (C=O) groups excluding carboxylic acids is 2. The Hall–Kier alpha value is -1.40. The van der Waals surface area contributed by atoms with Crippen molar-refractivity contribution >= 4 is 11.9 Å². The third kappa shape index (κ3) is 73.6. The molecule has 0 aromatic rings. The number of ether oxygens (including phenoxy) is 1. The van der Waals surface area contributed by atoms with Crippen LogP contribution in [0.4, 0.5) is 0 Å². The third-order valence-corrected chi connectivity index (χ3v) is 19.6. The van der Waals surface area contributed by atoms with Crippen molar-refractivity contribution in [1.29, 1.82) is 0 Å². The second-order valence-electron chi connectivity index (χ2n) is 28.5. The first-order valence-corrected chi connectivity index (χ1v) is 41.0. The molecule has 6 heteroatoms. The van der Waals surface area contributed by atoms with Crippen molar-refractivity contribution in [2.24, 2.45) is 0 Å². The Kier molecular flexibility index (Phi) is 76.8. The van der Waals surface area contributed by atoms with Gasteiger partial charge in [0, 0.05) is 12.8 Å². The Morgan fingerprint density at radius 2 is 0.523 bits per heavy atom. The Labute approximate surface area is 552 Å². The van der Waals surface area contributed by atoms with E-state index in [1.807, 2.05) is 6.08 Å². The van der Waals surface area contributed by atoms with E-state index in [4.69, 9.17) is 4.74 Å². The standard InChI is InChI=1S/C82H161NO5/c1-3-5-7-9-11-13-15-17-19-21-23-24-35-39-42-46-50-54-58-62-66-70-74-80(85)79(78-84)83-81(86)75-71-67-63-59-55-51-47-43-40-36-33-31-29-27-25-26-28-30-32-34-37-41-45-49-53-57-61-65-69-73-77-88-82(87)76-72-68-64-60-56-52-48-44-38-22-20-18-16-14-12-10-8-6-4-2/h70,74,79-80,84-85H,3-69,71-73,75-78H2,1-2H3,(H,83,86)/b74-70+. The van der Waals surface area contributed by atoms with Crippen LogP contribution < -0.4 is 5.32 Å². The summed E-state index contributed by atoms with van der Waals surface area (Å²) in [6.07, 6.45) is 99.2. The number of carbonyl (C=O) groups is 2. The lowest BCUT2D eigenvalue weighted by Gasteiger charge is -2.20. The van der Waals surface area contributed by atoms with Gasteiger partial charge in [0.25, 0.3) is 0 Å². The van der Waals surface area contributed by atoms with Gasteiger partial charge in [0.15, 0.2) is 0 Å². The van der Waals surface area contributed by atoms with E-state index >= 15 is 0 Å². The predicted molar refractivity (Wildman–Crippen MR) is 389 cm³/mol. The Bertz CT molecular complexity index is 1340. The van der Waals surface area contributed by atoms with Crippen molar-refractivity contribution in [2.75, 3.05) is 13.2 Å². The monoisotopic (exact) mass is 1240 g/mol. The van der Waals surface area contributed by atoms with Crippen LogP contribution in [0.5, 0.6) is 0 Å². The Morgan fingerprint density at radius 3 is 0.773 bits per heavy atom. The molecule has 0 saturated heterocycles. The summed E-state index contributed by atoms with van der Waals surface area (Å²) in [6, 6.07) is -0.626. The van der Waals surface area contributed by atoms with Crippen LogP contribution in [0.1, 0.15) is 476 Å². The normalized spacial score (nSPS) is 12.5. The summed E-state index contributed by atoms with van der Waals surface area (Å²) in [5.74, 6) is -0.0324. The lowest BCUT2D eigenvalue weighted by molar-refractivity contribution is -0.143. The zero-order valence-electron chi connectivity index (χ0n) is 60.3. The largest absolute Gasteiger partial charge is 0.466 e. The molecule has 0 aromatic heterocycles. The van der Waals surface area contributed by atoms with Crippen LogP contribution in [-0.2, 0) is 14.3 Å². The van der Waals surface area contributed by atoms with Gasteiger partial charge in [0.1, 0.15) is 0 Å². The van der Waals surface area contributed by atoms with E-state index in [1.165, 1.54) is 411 Å². The maximum absolute atomic E-state index is 12.6. The number of hydrogen-bond acceptors (Lipinski definition) is 5. The molecule has 0 aliphatic rings. The van der Waals surface area contributed by atoms with Crippen LogP contribution in [0.2, 0.25) is 0 Å². The van der Waals surface area contributed by atoms with Gasteiger partial charge in [-0.25, -0.2) is 0 Å². The molecule has 0 aliphatic carbocycles. The van der Waals surface area contributed by atoms with E-state index in [0.717, 1.165) is 38.5 Å². The fourth-order valence-electron chi connectivity index (χ4n) is 13.3. The van der Waals surface area contributed by atoms with Gasteiger partial charge >= 0.3 is 5.97 Å². The SMILES string of the molecule is CCCCCCCCCCCCCCCCCCCCCC/C=C/C(O)C(CO)NC(=O)CCCCCCCCCCCCCCCCCCCCCCCCCCCCCCCCOC(=O)CCCCCCCCCCCCCCCCCCCCC. The molecule has 88 heavy (non-hydrogen) atoms. The first kappa shape index (κ1) is 86.6. The van der Waals surface area contributed by atoms with Crippen molar-refractivity contribution in [1.82, 2.24) is 5.32 Å². The molecule has 3 N–H and O–H groups in total. The highest BCUT2D eigenvalue weighted by Gasteiger charge is 2.18. The molecule has 2 unspecified atom stereocenters. The lowest BCUT2D eigenvalue weighted by atomic mass is 10.0. The van der Waals surface area contributed by atoms with E-state index in [1.54, 1.807) is 6.08 Å². The summed E-state index contributed by atoms with van der Waals surface area (Å²) in [5, 5.41) is 23.3. The topological polar surface area (TPSA) is 95.9 Å². The van der Waals surface area contributed by atoms with Gasteiger partial charge in [-0.1, -0.05) is 443 Å². The predicted octanol–water partition coefficient (Wildman–Crippen LogP) is 27.1. The van der Waals surface area contributed by atoms with Crippen LogP contribution in [0.3, 0.4) is 0 Å². The molecule has 0 bridgehead atoms. The summed E-state index contributed by atoms with van der Waals surface area (Å²) < 4.78 is 5.52. The van der Waals surface area contributed by atoms with Gasteiger partial charge in [0.2, 0.25) is 5.91 Å². The smallest absolute Gasteiger partial charge is 0.305 e. The second-order valence-corrected chi connectivity index (χ2v) is 28.5. The molecule has 6 nitrogen and oxygen atoms in total. The van der Waals surface area contributed by atoms with Crippen LogP contribution >= 0.6 is 0 Å². The average Bonchev–Trinajstić information content (AvgIpc) is 3.58. The van der Waals surface area contributed by atoms with E-state index < -0.39 is 12.1 Å². The summed E-state index contributed by atoms with van der Waals surface area (Å²) in [5.41, 5.74) is 0. The molecule has 0 fully saturated rings. The van der Waals surface area contributed by atoms with Gasteiger partial charge < -0.3 is 20.3 Å². The van der Waals surface area contributed by atoms with Crippen LogP contribution in [0.25, 0.3) is 0 Å². The molecule has 0 aliphatic heterocycles. The van der Waals surface area contributed by atoms with E-state index in [2.05, 4.69) is 19.2 Å². The first-order chi connectivity index (χ1) is 43.5. The van der Waals surface area contributed by atoms with Gasteiger partial charge in [-0.2, -0.15) is 0 Å². The maximum atomic E-state index is 12.6. The molecule has 0 radical (unpaired) electrons. The minimum atomic E-state index is -0.842. The number of aliphatic hydroxyl groups excluding tert-OH is 2. The van der Waals surface area contributed by atoms with Crippen molar-refractivity contribution < 1.29 is 24.5 Å². The molecule has 0 aromatic carbocycles. The molecule has 0 saturated carbocycles. The number of nitrogens with one attached hydrogen (secondary N) is 1. The molecule has 524 valence electrons. The third-order valence-electron chi connectivity index (χ3n) is 19.6. The second kappa shape index (κ2) is 78.0. The Morgan fingerprint density at radius 1 is 0.307 bits per heavy atom. The molecule has 0 heterocycles. The number of rotatable bonds is 78. The van der Waals surface area contributed by atoms with E-state index in [9.17, 15) is 19.8 Å². The van der Waals surface area contributed by atoms with Crippen molar-refractivity contribution in [3.63, 3.8) is 0 Å². The zero-order chi connectivity index (χ0) is 63.5. The molecule has 2 atom stereocenters. The summed E-state index contributed by atoms with van der Waals surface area (Å²) in [4.78, 5) is 24.7. The maximum Gasteiger partial charge on any atom is 0.305 e. The van der Waals surface area contributed by atoms with Gasteiger partial charge in [-0.15, -0.1) is 0 Å². The molecule has 0 rings (SSSR count). The lowest BCUT2D eigenvalue weighted by Crippen LogP contribution is -2.45. The van der Waals surface area contributed by atoms with E-state index in [0.29, 0.717) is 19.4 Å². The number of amides is 1. The minimum Gasteiger partial charge on any atom is -0.466 e. The van der Waals surface area contributed by atoms with Crippen LogP contribution in [0.15, 0.2) is 12.2 Å². The van der Waals surface area contributed by atoms with Crippen molar-refractivity contribution in [3.05, 3.63) is 12.2 Å². The molecule has 1 amide bonds. The number of unbranched alkanes of at least 4 members (excludes halogenated alkanes) is 67. The summed E-state index contributed by atoms with van der Waals surface area (Å²) >= 11 is 0. The first-order valence-electron chi connectivity index (χ1n) is 41.0. The number of hydrogen-bond donors (Lipinski definition) is 3. The zero-order valence-corrected chi connectivity index (χ0v) is 60.3. The quantitative estimate of drug-likeness (QED) is 0.0320. The number of esters is 1. The number of allylic oxidation sites excluding steroid dienone is 1. The van der Waals surface area contributed by atoms with Gasteiger partial charge in [0.05, 0.1) is 25.4 Å². The van der Waals surface area contributed by atoms with E-state index in [-0.39, 0.29) is 18.5 Å². The Balaban J connectivity index is 3.33.